The van der Waals surface area contributed by atoms with Gasteiger partial charge in [-0.15, -0.1) is 0 Å². The van der Waals surface area contributed by atoms with Crippen LogP contribution in [0.1, 0.15) is 31.4 Å². The molecule has 0 spiro atoms. The first kappa shape index (κ1) is 16.5. The average molecular weight is 285 g/mol. The Morgan fingerprint density at radius 1 is 1.37 bits per heavy atom. The molecule has 2 nitrogen and oxygen atoms in total. The third-order valence-corrected chi connectivity index (χ3v) is 4.12. The van der Waals surface area contributed by atoms with Crippen molar-refractivity contribution in [3.63, 3.8) is 0 Å². The molecule has 2 unspecified atom stereocenters. The van der Waals surface area contributed by atoms with E-state index in [2.05, 4.69) is 25.1 Å². The van der Waals surface area contributed by atoms with Gasteiger partial charge in [-0.25, -0.2) is 4.39 Å². The van der Waals surface area contributed by atoms with Crippen LogP contribution in [0.3, 0.4) is 0 Å². The van der Waals surface area contributed by atoms with Crippen LogP contribution in [0.4, 0.5) is 4.39 Å². The Balaban J connectivity index is 2.39. The van der Waals surface area contributed by atoms with Crippen molar-refractivity contribution in [3.8, 4) is 0 Å². The number of hydrogen-bond acceptors (Lipinski definition) is 3. The van der Waals surface area contributed by atoms with Crippen molar-refractivity contribution in [3.05, 3.63) is 35.6 Å². The van der Waals surface area contributed by atoms with E-state index in [1.807, 2.05) is 11.8 Å². The van der Waals surface area contributed by atoms with Crippen LogP contribution in [-0.2, 0) is 0 Å². The van der Waals surface area contributed by atoms with Crippen LogP contribution >= 0.6 is 11.8 Å². The molecule has 4 heteroatoms. The molecule has 0 radical (unpaired) electrons. The van der Waals surface area contributed by atoms with Crippen LogP contribution < -0.4 is 0 Å². The number of benzene rings is 1. The molecule has 19 heavy (non-hydrogen) atoms. The SMILES string of the molecule is CSCCC(C)N(C)CCC(O)c1cccc(F)c1. The second-order valence-corrected chi connectivity index (χ2v) is 5.96. The number of nitrogens with zero attached hydrogens (tertiary/aromatic N) is 1. The van der Waals surface area contributed by atoms with E-state index in [1.165, 1.54) is 12.1 Å². The van der Waals surface area contributed by atoms with Crippen LogP contribution in [0.5, 0.6) is 0 Å². The summed E-state index contributed by atoms with van der Waals surface area (Å²) in [5, 5.41) is 10.1. The maximum Gasteiger partial charge on any atom is 0.123 e. The fourth-order valence-corrected chi connectivity index (χ4v) is 2.51. The van der Waals surface area contributed by atoms with Crippen molar-refractivity contribution in [2.45, 2.75) is 31.9 Å². The quantitative estimate of drug-likeness (QED) is 0.792. The number of thioether (sulfide) groups is 1. The summed E-state index contributed by atoms with van der Waals surface area (Å²) in [6, 6.07) is 6.71. The third-order valence-electron chi connectivity index (χ3n) is 3.48. The summed E-state index contributed by atoms with van der Waals surface area (Å²) >= 11 is 1.85. The molecule has 1 rings (SSSR count). The lowest BCUT2D eigenvalue weighted by atomic mass is 10.1. The van der Waals surface area contributed by atoms with Crippen molar-refractivity contribution in [2.24, 2.45) is 0 Å². The maximum atomic E-state index is 13.1. The van der Waals surface area contributed by atoms with Crippen molar-refractivity contribution in [1.82, 2.24) is 4.90 Å². The largest absolute Gasteiger partial charge is 0.388 e. The molecule has 0 aliphatic carbocycles. The average Bonchev–Trinajstić information content (AvgIpc) is 2.41. The molecule has 0 aliphatic heterocycles. The molecule has 0 fully saturated rings. The minimum atomic E-state index is -0.592. The molecule has 0 saturated heterocycles. The van der Waals surface area contributed by atoms with Gasteiger partial charge in [0.05, 0.1) is 6.10 Å². The summed E-state index contributed by atoms with van der Waals surface area (Å²) < 4.78 is 13.1. The second-order valence-electron chi connectivity index (χ2n) is 4.97. The van der Waals surface area contributed by atoms with E-state index in [9.17, 15) is 9.50 Å². The smallest absolute Gasteiger partial charge is 0.123 e. The summed E-state index contributed by atoms with van der Waals surface area (Å²) in [5.41, 5.74) is 0.658. The second kappa shape index (κ2) is 8.56. The van der Waals surface area contributed by atoms with Gasteiger partial charge in [0.1, 0.15) is 5.82 Å². The van der Waals surface area contributed by atoms with E-state index in [-0.39, 0.29) is 5.82 Å². The summed E-state index contributed by atoms with van der Waals surface area (Å²) in [7, 11) is 2.07. The Morgan fingerprint density at radius 2 is 2.11 bits per heavy atom. The van der Waals surface area contributed by atoms with E-state index >= 15 is 0 Å². The standard InChI is InChI=1S/C15H24FNOS/c1-12(8-10-19-3)17(2)9-7-15(18)13-5-4-6-14(16)11-13/h4-6,11-12,15,18H,7-10H2,1-3H3. The van der Waals surface area contributed by atoms with Gasteiger partial charge >= 0.3 is 0 Å². The highest BCUT2D eigenvalue weighted by atomic mass is 32.2. The molecule has 0 bridgehead atoms. The zero-order valence-corrected chi connectivity index (χ0v) is 12.8. The third kappa shape index (κ3) is 5.93. The summed E-state index contributed by atoms with van der Waals surface area (Å²) in [6.45, 7) is 3.01. The predicted octanol–water partition coefficient (Wildman–Crippen LogP) is 3.32. The van der Waals surface area contributed by atoms with Gasteiger partial charge in [0.15, 0.2) is 0 Å². The lowest BCUT2D eigenvalue weighted by molar-refractivity contribution is 0.138. The van der Waals surface area contributed by atoms with Gasteiger partial charge in [-0.3, -0.25) is 0 Å². The first-order valence-corrected chi connectivity index (χ1v) is 8.06. The molecule has 108 valence electrons. The molecule has 1 N–H and O–H groups in total. The number of aliphatic hydroxyl groups is 1. The molecular formula is C15H24FNOS. The number of rotatable bonds is 8. The van der Waals surface area contributed by atoms with Gasteiger partial charge in [-0.1, -0.05) is 12.1 Å². The predicted molar refractivity (Wildman–Crippen MR) is 81.1 cm³/mol. The minimum absolute atomic E-state index is 0.293. The number of halogens is 1. The fraction of sp³-hybridized carbons (Fsp3) is 0.600. The lowest BCUT2D eigenvalue weighted by Gasteiger charge is -2.25. The molecule has 0 amide bonds. The number of hydrogen-bond donors (Lipinski definition) is 1. The summed E-state index contributed by atoms with van der Waals surface area (Å²) in [5.74, 6) is 0.857. The van der Waals surface area contributed by atoms with Gasteiger partial charge in [0.2, 0.25) is 0 Å². The highest BCUT2D eigenvalue weighted by Gasteiger charge is 2.13. The molecule has 1 aromatic rings. The van der Waals surface area contributed by atoms with Gasteiger partial charge in [-0.2, -0.15) is 11.8 Å². The Bertz CT molecular complexity index is 375. The lowest BCUT2D eigenvalue weighted by Crippen LogP contribution is -2.31. The van der Waals surface area contributed by atoms with E-state index in [0.717, 1.165) is 18.7 Å². The van der Waals surface area contributed by atoms with Gasteiger partial charge < -0.3 is 10.0 Å². The van der Waals surface area contributed by atoms with Crippen LogP contribution in [-0.4, -0.2) is 41.6 Å². The van der Waals surface area contributed by atoms with Crippen LogP contribution in [0.25, 0.3) is 0 Å². The Morgan fingerprint density at radius 3 is 2.74 bits per heavy atom. The summed E-state index contributed by atoms with van der Waals surface area (Å²) in [4.78, 5) is 2.25. The Kier molecular flexibility index (Phi) is 7.42. The minimum Gasteiger partial charge on any atom is -0.388 e. The Hall–Kier alpha value is -0.580. The van der Waals surface area contributed by atoms with E-state index < -0.39 is 6.10 Å². The highest BCUT2D eigenvalue weighted by molar-refractivity contribution is 7.98. The van der Waals surface area contributed by atoms with Gasteiger partial charge in [-0.05, 0) is 56.5 Å². The van der Waals surface area contributed by atoms with Crippen LogP contribution in [0.15, 0.2) is 24.3 Å². The normalized spacial score (nSPS) is 14.6. The van der Waals surface area contributed by atoms with E-state index in [0.29, 0.717) is 18.0 Å². The maximum absolute atomic E-state index is 13.1. The van der Waals surface area contributed by atoms with Gasteiger partial charge in [0.25, 0.3) is 0 Å². The topological polar surface area (TPSA) is 23.5 Å². The zero-order valence-electron chi connectivity index (χ0n) is 12.0. The molecule has 2 atom stereocenters. The van der Waals surface area contributed by atoms with Crippen molar-refractivity contribution in [1.29, 1.82) is 0 Å². The molecule has 1 aromatic carbocycles. The zero-order chi connectivity index (χ0) is 14.3. The highest BCUT2D eigenvalue weighted by Crippen LogP contribution is 2.18. The van der Waals surface area contributed by atoms with Crippen molar-refractivity contribution < 1.29 is 9.50 Å². The van der Waals surface area contributed by atoms with E-state index in [4.69, 9.17) is 0 Å². The van der Waals surface area contributed by atoms with Gasteiger partial charge in [0, 0.05) is 12.6 Å². The summed E-state index contributed by atoms with van der Waals surface area (Å²) in [6.07, 6.45) is 3.29. The first-order chi connectivity index (χ1) is 9.04. The van der Waals surface area contributed by atoms with Crippen molar-refractivity contribution >= 4 is 11.8 Å². The molecule has 0 aromatic heterocycles. The van der Waals surface area contributed by atoms with Crippen LogP contribution in [0.2, 0.25) is 0 Å². The fourth-order valence-electron chi connectivity index (χ4n) is 1.94. The van der Waals surface area contributed by atoms with E-state index in [1.54, 1.807) is 12.1 Å². The first-order valence-electron chi connectivity index (χ1n) is 6.67. The number of aliphatic hydroxyl groups excluding tert-OH is 1. The van der Waals surface area contributed by atoms with Crippen LogP contribution in [0, 0.1) is 5.82 Å². The monoisotopic (exact) mass is 285 g/mol. The molecular weight excluding hydrogens is 261 g/mol. The molecule has 0 aliphatic rings. The van der Waals surface area contributed by atoms with Crippen molar-refractivity contribution in [2.75, 3.05) is 25.6 Å². The Labute approximate surface area is 120 Å². The molecule has 0 saturated carbocycles. The molecule has 0 heterocycles.